The zero-order valence-corrected chi connectivity index (χ0v) is 27.9. The molecule has 42 heavy (non-hydrogen) atoms. The van der Waals surface area contributed by atoms with E-state index in [1.165, 1.54) is 7.11 Å². The third kappa shape index (κ3) is 3.99. The van der Waals surface area contributed by atoms with E-state index in [1.807, 2.05) is 19.9 Å². The number of ether oxygens (including phenoxy) is 1. The van der Waals surface area contributed by atoms with E-state index in [9.17, 15) is 23.1 Å². The minimum Gasteiger partial charge on any atom is -0.469 e. The van der Waals surface area contributed by atoms with Gasteiger partial charge in [0.1, 0.15) is 6.10 Å². The Labute approximate surface area is 253 Å². The lowest BCUT2D eigenvalue weighted by Gasteiger charge is -2.71. The number of carbonyl (C=O) groups is 2. The van der Waals surface area contributed by atoms with Crippen molar-refractivity contribution < 1.29 is 32.0 Å². The molecule has 1 N–H and O–H groups in total. The number of methoxy groups -OCH3 is 1. The fourth-order valence-corrected chi connectivity index (χ4v) is 11.9. The predicted octanol–water partition coefficient (Wildman–Crippen LogP) is 5.87. The molecule has 5 rings (SSSR count). The van der Waals surface area contributed by atoms with Crippen LogP contribution in [0.3, 0.4) is 0 Å². The van der Waals surface area contributed by atoms with Crippen molar-refractivity contribution in [3.8, 4) is 0 Å². The average Bonchev–Trinajstić information content (AvgIpc) is 2.90. The number of aliphatic hydroxyl groups excluding tert-OH is 1. The molecule has 10 atom stereocenters. The molecule has 0 aromatic rings. The van der Waals surface area contributed by atoms with Crippen LogP contribution in [-0.4, -0.2) is 51.4 Å². The van der Waals surface area contributed by atoms with Gasteiger partial charge in [-0.3, -0.25) is 13.8 Å². The van der Waals surface area contributed by atoms with E-state index in [0.29, 0.717) is 18.4 Å². The summed E-state index contributed by atoms with van der Waals surface area (Å²) in [6, 6.07) is 0. The summed E-state index contributed by atoms with van der Waals surface area (Å²) in [7, 11) is -2.40. The second kappa shape index (κ2) is 9.50. The first-order valence-electron chi connectivity index (χ1n) is 15.7. The third-order valence-corrected chi connectivity index (χ3v) is 14.6. The van der Waals surface area contributed by atoms with Gasteiger partial charge in [0.05, 0.1) is 18.8 Å². The number of hydrogen-bond donors (Lipinski definition) is 1. The highest BCUT2D eigenvalue weighted by Gasteiger charge is 2.73. The molecule has 0 amide bonds. The van der Waals surface area contributed by atoms with Crippen LogP contribution in [0.1, 0.15) is 93.4 Å². The maximum atomic E-state index is 14.7. The average molecular weight is 605 g/mol. The highest BCUT2D eigenvalue weighted by Crippen LogP contribution is 2.76. The van der Waals surface area contributed by atoms with Gasteiger partial charge in [-0.25, -0.2) is 0 Å². The van der Waals surface area contributed by atoms with Crippen molar-refractivity contribution in [2.45, 2.75) is 99.5 Å². The quantitative estimate of drug-likeness (QED) is 0.243. The lowest BCUT2D eigenvalue weighted by Crippen LogP contribution is -2.68. The van der Waals surface area contributed by atoms with Crippen molar-refractivity contribution in [1.29, 1.82) is 0 Å². The Morgan fingerprint density at radius 3 is 2.26 bits per heavy atom. The maximum Gasteiger partial charge on any atom is 0.312 e. The molecule has 8 heteroatoms. The van der Waals surface area contributed by atoms with E-state index >= 15 is 0 Å². The lowest BCUT2D eigenvalue weighted by atomic mass is 9.33. The van der Waals surface area contributed by atoms with Gasteiger partial charge in [0, 0.05) is 23.4 Å². The van der Waals surface area contributed by atoms with Crippen LogP contribution in [0.2, 0.25) is 0 Å². The molecule has 236 valence electrons. The molecule has 0 bridgehead atoms. The molecular weight excluding hydrogens is 552 g/mol. The summed E-state index contributed by atoms with van der Waals surface area (Å²) in [4.78, 5) is 28.2. The van der Waals surface area contributed by atoms with E-state index in [0.717, 1.165) is 43.9 Å². The Morgan fingerprint density at radius 1 is 1.07 bits per heavy atom. The Hall–Kier alpha value is -1.51. The smallest absolute Gasteiger partial charge is 0.312 e. The molecule has 0 unspecified atom stereocenters. The molecule has 0 radical (unpaired) electrons. The molecule has 0 saturated heterocycles. The molecule has 0 heterocycles. The highest BCUT2D eigenvalue weighted by atomic mass is 32.2. The van der Waals surface area contributed by atoms with E-state index in [4.69, 9.17) is 8.92 Å². The standard InChI is InChI=1S/C34H52O7S/c1-20-21(2)30(5,19-35)24-11-12-31(6)25(33(24,8)27(20)41-42(10,38)39)17-23(36)26-22-18-29(3,4)13-15-34(22,28(37)40-9)16-14-32(26,31)7/h17,21-22,24,26-27,35H,1,11-16,18-19H2,2-10H3/t21-,22-,24-,26-,27+,30+,31+,32+,33-,34-/m0/s1. The van der Waals surface area contributed by atoms with Gasteiger partial charge < -0.3 is 9.84 Å². The Bertz CT molecular complexity index is 1350. The first-order valence-corrected chi connectivity index (χ1v) is 17.5. The van der Waals surface area contributed by atoms with Gasteiger partial charge >= 0.3 is 5.97 Å². The zero-order valence-electron chi connectivity index (χ0n) is 27.1. The lowest BCUT2D eigenvalue weighted by molar-refractivity contribution is -0.197. The topological polar surface area (TPSA) is 107 Å². The van der Waals surface area contributed by atoms with Crippen molar-refractivity contribution in [3.05, 3.63) is 23.8 Å². The number of allylic oxidation sites excluding steroid dienone is 1. The monoisotopic (exact) mass is 604 g/mol. The van der Waals surface area contributed by atoms with Crippen LogP contribution in [-0.2, 0) is 28.6 Å². The molecule has 4 saturated carbocycles. The van der Waals surface area contributed by atoms with Crippen LogP contribution < -0.4 is 0 Å². The molecule has 7 nitrogen and oxygen atoms in total. The van der Waals surface area contributed by atoms with Crippen LogP contribution in [0.25, 0.3) is 0 Å². The molecule has 4 fully saturated rings. The number of rotatable bonds is 4. The van der Waals surface area contributed by atoms with Crippen molar-refractivity contribution >= 4 is 21.9 Å². The van der Waals surface area contributed by atoms with Gasteiger partial charge in [0.2, 0.25) is 0 Å². The first kappa shape index (κ1) is 31.9. The number of carbonyl (C=O) groups excluding carboxylic acids is 2. The normalized spacial score (nSPS) is 48.2. The van der Waals surface area contributed by atoms with Crippen molar-refractivity contribution in [3.63, 3.8) is 0 Å². The van der Waals surface area contributed by atoms with E-state index < -0.39 is 43.3 Å². The predicted molar refractivity (Wildman–Crippen MR) is 162 cm³/mol. The molecular formula is C34H52O7S. The molecule has 5 aliphatic carbocycles. The SMILES string of the molecule is C=C1[C@@H](OS(C)(=O)=O)[C@]2(C)C3=CC(=O)[C@@H]4[C@@H]5CC(C)(C)CC[C@]5(C(=O)OC)CC[C@@]4(C)[C@]3(C)CC[C@H]2[C@](C)(CO)[C@H]1C. The Morgan fingerprint density at radius 2 is 1.69 bits per heavy atom. The summed E-state index contributed by atoms with van der Waals surface area (Å²) < 4.78 is 36.7. The van der Waals surface area contributed by atoms with Crippen molar-refractivity contribution in [2.24, 2.45) is 56.2 Å². The van der Waals surface area contributed by atoms with E-state index in [2.05, 4.69) is 41.2 Å². The van der Waals surface area contributed by atoms with Gasteiger partial charge in [0.25, 0.3) is 10.1 Å². The van der Waals surface area contributed by atoms with Crippen LogP contribution in [0, 0.1) is 56.2 Å². The van der Waals surface area contributed by atoms with Crippen LogP contribution >= 0.6 is 0 Å². The molecule has 0 aromatic heterocycles. The summed E-state index contributed by atoms with van der Waals surface area (Å²) in [6.07, 6.45) is 7.40. The summed E-state index contributed by atoms with van der Waals surface area (Å²) in [5.41, 5.74) is -1.43. The number of esters is 1. The van der Waals surface area contributed by atoms with Crippen molar-refractivity contribution in [1.82, 2.24) is 0 Å². The molecule has 0 aliphatic heterocycles. The second-order valence-electron chi connectivity index (χ2n) is 16.3. The Balaban J connectivity index is 1.73. The summed E-state index contributed by atoms with van der Waals surface area (Å²) in [5.74, 6) is -0.946. The number of ketones is 1. The third-order valence-electron chi connectivity index (χ3n) is 14.0. The summed E-state index contributed by atoms with van der Waals surface area (Å²) in [6.45, 7) is 19.4. The van der Waals surface area contributed by atoms with Gasteiger partial charge in [-0.15, -0.1) is 0 Å². The molecule has 5 aliphatic rings. The summed E-state index contributed by atoms with van der Waals surface area (Å²) >= 11 is 0. The van der Waals surface area contributed by atoms with E-state index in [1.54, 1.807) is 0 Å². The molecule has 0 aromatic carbocycles. The van der Waals surface area contributed by atoms with Crippen molar-refractivity contribution in [2.75, 3.05) is 20.0 Å². The van der Waals surface area contributed by atoms with Crippen LogP contribution in [0.4, 0.5) is 0 Å². The largest absolute Gasteiger partial charge is 0.469 e. The number of fused-ring (bicyclic) bond motifs is 7. The highest BCUT2D eigenvalue weighted by molar-refractivity contribution is 7.86. The second-order valence-corrected chi connectivity index (χ2v) is 17.9. The zero-order chi connectivity index (χ0) is 31.5. The maximum absolute atomic E-state index is 14.7. The van der Waals surface area contributed by atoms with Gasteiger partial charge in [0.15, 0.2) is 5.78 Å². The number of hydrogen-bond acceptors (Lipinski definition) is 7. The van der Waals surface area contributed by atoms with Crippen LogP contribution in [0.15, 0.2) is 23.8 Å². The fourth-order valence-electron chi connectivity index (χ4n) is 11.2. The van der Waals surface area contributed by atoms with Gasteiger partial charge in [-0.2, -0.15) is 8.42 Å². The van der Waals surface area contributed by atoms with E-state index in [-0.39, 0.29) is 47.4 Å². The van der Waals surface area contributed by atoms with Gasteiger partial charge in [-0.1, -0.05) is 60.6 Å². The summed E-state index contributed by atoms with van der Waals surface area (Å²) in [5, 5.41) is 10.8. The Kier molecular flexibility index (Phi) is 7.21. The van der Waals surface area contributed by atoms with Crippen LogP contribution in [0.5, 0.6) is 0 Å². The first-order chi connectivity index (χ1) is 19.2. The fraction of sp³-hybridized carbons (Fsp3) is 0.824. The molecule has 0 spiro atoms. The number of aliphatic hydroxyl groups is 1. The minimum atomic E-state index is -3.86. The van der Waals surface area contributed by atoms with Gasteiger partial charge in [-0.05, 0) is 90.6 Å². The minimum absolute atomic E-state index is 0.00383.